The van der Waals surface area contributed by atoms with Crippen molar-refractivity contribution in [2.24, 2.45) is 11.5 Å². The van der Waals surface area contributed by atoms with E-state index < -0.39 is 47.9 Å². The van der Waals surface area contributed by atoms with Crippen LogP contribution in [0.4, 0.5) is 0 Å². The first-order valence-electron chi connectivity index (χ1n) is 13.3. The molecule has 0 saturated heterocycles. The van der Waals surface area contributed by atoms with Gasteiger partial charge in [-0.1, -0.05) is 30.3 Å². The molecule has 1 aromatic carbocycles. The van der Waals surface area contributed by atoms with Crippen LogP contribution in [0.5, 0.6) is 0 Å². The molecular weight excluding hydrogens is 530 g/mol. The molecule has 0 aliphatic rings. The molecule has 0 fully saturated rings. The third kappa shape index (κ3) is 10.2. The van der Waals surface area contributed by atoms with Gasteiger partial charge >= 0.3 is 5.97 Å². The van der Waals surface area contributed by atoms with Crippen LogP contribution in [0.3, 0.4) is 0 Å². The fourth-order valence-corrected chi connectivity index (χ4v) is 4.19. The minimum absolute atomic E-state index is 0.00492. The molecule has 0 aliphatic heterocycles. The number of hydrogen-bond donors (Lipinski definition) is 8. The zero-order chi connectivity index (χ0) is 29.6. The number of unbranched alkanes of at least 4 members (excludes halogenated alkanes) is 1. The summed E-state index contributed by atoms with van der Waals surface area (Å²) in [6.07, 6.45) is 7.47. The van der Waals surface area contributed by atoms with Gasteiger partial charge in [0, 0.05) is 36.6 Å². The SMILES string of the molecule is NCCCCC(NC(=O)C(N)Cc1ccccc1)C(=O)NC(Cc1cnc[nH]1)C(=O)NC(Cc1cnc[nH]1)C(=O)O. The summed E-state index contributed by atoms with van der Waals surface area (Å²) >= 11 is 0. The van der Waals surface area contributed by atoms with E-state index in [0.717, 1.165) is 5.56 Å². The Bertz CT molecular complexity index is 1240. The Morgan fingerprint density at radius 3 is 1.90 bits per heavy atom. The standard InChI is InChI=1S/C27H37N9O5/c28-9-5-4-8-21(34-24(37)20(29)10-17-6-2-1-3-7-17)25(38)35-22(11-18-13-30-15-32-18)26(39)36-23(27(40)41)12-19-14-31-16-33-19/h1-3,6-7,13-16,20-23H,4-5,8-12,28-29H2,(H,30,32)(H,31,33)(H,34,37)(H,35,38)(H,36,39)(H,40,41). The van der Waals surface area contributed by atoms with Crippen molar-refractivity contribution in [1.29, 1.82) is 0 Å². The molecule has 3 rings (SSSR count). The minimum atomic E-state index is -1.28. The number of benzene rings is 1. The van der Waals surface area contributed by atoms with Crippen molar-refractivity contribution in [3.63, 3.8) is 0 Å². The maximum atomic E-state index is 13.4. The van der Waals surface area contributed by atoms with Crippen molar-refractivity contribution < 1.29 is 24.3 Å². The first kappa shape index (κ1) is 31.0. The molecule has 4 unspecified atom stereocenters. The molecule has 0 aliphatic carbocycles. The van der Waals surface area contributed by atoms with Gasteiger partial charge in [0.25, 0.3) is 0 Å². The highest BCUT2D eigenvalue weighted by molar-refractivity contribution is 5.94. The van der Waals surface area contributed by atoms with Crippen LogP contribution in [0.25, 0.3) is 0 Å². The quantitative estimate of drug-likeness (QED) is 0.0948. The lowest BCUT2D eigenvalue weighted by Gasteiger charge is -2.25. The van der Waals surface area contributed by atoms with Crippen molar-refractivity contribution in [3.05, 3.63) is 72.3 Å². The summed E-state index contributed by atoms with van der Waals surface area (Å²) in [5, 5.41) is 17.6. The van der Waals surface area contributed by atoms with E-state index in [0.29, 0.717) is 30.8 Å². The Balaban J connectivity index is 1.72. The summed E-state index contributed by atoms with van der Waals surface area (Å²) < 4.78 is 0. The molecule has 0 saturated carbocycles. The van der Waals surface area contributed by atoms with Crippen LogP contribution in [0.1, 0.15) is 36.2 Å². The number of rotatable bonds is 17. The maximum Gasteiger partial charge on any atom is 0.326 e. The second kappa shape index (κ2) is 15.9. The van der Waals surface area contributed by atoms with Crippen LogP contribution in [0, 0.1) is 0 Å². The lowest BCUT2D eigenvalue weighted by atomic mass is 10.0. The highest BCUT2D eigenvalue weighted by Gasteiger charge is 2.31. The topological polar surface area (TPSA) is 234 Å². The molecule has 10 N–H and O–H groups in total. The summed E-state index contributed by atoms with van der Waals surface area (Å²) in [6, 6.07) is 4.92. The molecule has 2 aromatic heterocycles. The number of H-pyrrole nitrogens is 2. The van der Waals surface area contributed by atoms with Crippen LogP contribution in [0.2, 0.25) is 0 Å². The molecule has 0 bridgehead atoms. The van der Waals surface area contributed by atoms with Crippen LogP contribution >= 0.6 is 0 Å². The number of carboxylic acids is 1. The predicted molar refractivity (Wildman–Crippen MR) is 149 cm³/mol. The number of amides is 3. The summed E-state index contributed by atoms with van der Waals surface area (Å²) in [6.45, 7) is 0.410. The van der Waals surface area contributed by atoms with Gasteiger partial charge in [0.2, 0.25) is 17.7 Å². The van der Waals surface area contributed by atoms with E-state index in [2.05, 4.69) is 35.9 Å². The molecule has 2 heterocycles. The highest BCUT2D eigenvalue weighted by atomic mass is 16.4. The molecule has 3 amide bonds. The monoisotopic (exact) mass is 567 g/mol. The second-order valence-corrected chi connectivity index (χ2v) is 9.66. The highest BCUT2D eigenvalue weighted by Crippen LogP contribution is 2.08. The van der Waals surface area contributed by atoms with E-state index in [1.54, 1.807) is 0 Å². The summed E-state index contributed by atoms with van der Waals surface area (Å²) in [4.78, 5) is 65.0. The largest absolute Gasteiger partial charge is 0.480 e. The van der Waals surface area contributed by atoms with Gasteiger partial charge in [-0.15, -0.1) is 0 Å². The van der Waals surface area contributed by atoms with E-state index in [9.17, 15) is 24.3 Å². The predicted octanol–water partition coefficient (Wildman–Crippen LogP) is -0.844. The average Bonchev–Trinajstić information content (AvgIpc) is 3.67. The van der Waals surface area contributed by atoms with Crippen molar-refractivity contribution in [2.75, 3.05) is 6.54 Å². The zero-order valence-electron chi connectivity index (χ0n) is 22.6. The molecule has 220 valence electrons. The van der Waals surface area contributed by atoms with Crippen LogP contribution < -0.4 is 27.4 Å². The first-order chi connectivity index (χ1) is 19.8. The van der Waals surface area contributed by atoms with Gasteiger partial charge in [0.05, 0.1) is 18.7 Å². The van der Waals surface area contributed by atoms with Crippen LogP contribution in [-0.4, -0.2) is 79.4 Å². The number of hydrogen-bond acceptors (Lipinski definition) is 8. The molecular formula is C27H37N9O5. The summed E-state index contributed by atoms with van der Waals surface area (Å²) in [5.74, 6) is -3.09. The number of aromatic amines is 2. The number of carbonyl (C=O) groups excluding carboxylic acids is 3. The fourth-order valence-electron chi connectivity index (χ4n) is 4.19. The summed E-state index contributed by atoms with van der Waals surface area (Å²) in [7, 11) is 0. The maximum absolute atomic E-state index is 13.4. The van der Waals surface area contributed by atoms with Crippen LogP contribution in [-0.2, 0) is 38.4 Å². The Kier molecular flexibility index (Phi) is 12.0. The Morgan fingerprint density at radius 1 is 0.780 bits per heavy atom. The van der Waals surface area contributed by atoms with Crippen LogP contribution in [0.15, 0.2) is 55.4 Å². The number of nitrogens with one attached hydrogen (secondary N) is 5. The molecule has 3 aromatic rings. The van der Waals surface area contributed by atoms with E-state index in [1.807, 2.05) is 30.3 Å². The second-order valence-electron chi connectivity index (χ2n) is 9.66. The molecule has 14 nitrogen and oxygen atoms in total. The van der Waals surface area contributed by atoms with E-state index in [4.69, 9.17) is 11.5 Å². The third-order valence-electron chi connectivity index (χ3n) is 6.42. The Labute approximate surface area is 237 Å². The number of imidazole rings is 2. The fraction of sp³-hybridized carbons (Fsp3) is 0.407. The number of carbonyl (C=O) groups is 4. The normalized spacial score (nSPS) is 13.9. The van der Waals surface area contributed by atoms with Gasteiger partial charge in [-0.2, -0.15) is 0 Å². The molecule has 0 radical (unpaired) electrons. The molecule has 41 heavy (non-hydrogen) atoms. The smallest absolute Gasteiger partial charge is 0.326 e. The average molecular weight is 568 g/mol. The Morgan fingerprint density at radius 2 is 1.34 bits per heavy atom. The lowest BCUT2D eigenvalue weighted by Crippen LogP contribution is -2.58. The van der Waals surface area contributed by atoms with Gasteiger partial charge in [0.15, 0.2) is 0 Å². The first-order valence-corrected chi connectivity index (χ1v) is 13.3. The number of aromatic nitrogens is 4. The van der Waals surface area contributed by atoms with E-state index >= 15 is 0 Å². The molecule has 0 spiro atoms. The number of nitrogens with two attached hydrogens (primary N) is 2. The van der Waals surface area contributed by atoms with Gasteiger partial charge < -0.3 is 42.5 Å². The number of nitrogens with zero attached hydrogens (tertiary/aromatic N) is 2. The van der Waals surface area contributed by atoms with Crippen molar-refractivity contribution in [1.82, 2.24) is 35.9 Å². The lowest BCUT2D eigenvalue weighted by molar-refractivity contribution is -0.142. The number of carboxylic acid groups (broad SMARTS) is 1. The van der Waals surface area contributed by atoms with Gasteiger partial charge in [-0.05, 0) is 37.8 Å². The minimum Gasteiger partial charge on any atom is -0.480 e. The van der Waals surface area contributed by atoms with Crippen molar-refractivity contribution in [2.45, 2.75) is 62.7 Å². The molecule has 4 atom stereocenters. The zero-order valence-corrected chi connectivity index (χ0v) is 22.6. The van der Waals surface area contributed by atoms with Gasteiger partial charge in [-0.25, -0.2) is 14.8 Å². The van der Waals surface area contributed by atoms with Crippen molar-refractivity contribution in [3.8, 4) is 0 Å². The summed E-state index contributed by atoms with van der Waals surface area (Å²) in [5.41, 5.74) is 13.7. The van der Waals surface area contributed by atoms with Crippen molar-refractivity contribution >= 4 is 23.7 Å². The molecule has 14 heteroatoms. The van der Waals surface area contributed by atoms with E-state index in [-0.39, 0.29) is 25.7 Å². The third-order valence-corrected chi connectivity index (χ3v) is 6.42. The Hall–Kier alpha value is -4.56. The number of aliphatic carboxylic acids is 1. The van der Waals surface area contributed by atoms with Gasteiger partial charge in [-0.3, -0.25) is 14.4 Å². The van der Waals surface area contributed by atoms with E-state index in [1.165, 1.54) is 25.0 Å². The van der Waals surface area contributed by atoms with Gasteiger partial charge in [0.1, 0.15) is 18.1 Å².